The van der Waals surface area contributed by atoms with E-state index in [4.69, 9.17) is 4.74 Å². The highest BCUT2D eigenvalue weighted by Crippen LogP contribution is 2.20. The van der Waals surface area contributed by atoms with Gasteiger partial charge in [0.2, 0.25) is 0 Å². The fraction of sp³-hybridized carbons (Fsp3) is 0.571. The Hall–Kier alpha value is -2.77. The Bertz CT molecular complexity index is 886. The van der Waals surface area contributed by atoms with Gasteiger partial charge >= 0.3 is 11.8 Å². The number of anilines is 1. The quantitative estimate of drug-likeness (QED) is 0.787. The summed E-state index contributed by atoms with van der Waals surface area (Å²) in [7, 11) is 0. The molecule has 158 valence electrons. The molecule has 1 amide bonds. The molecule has 1 fully saturated rings. The van der Waals surface area contributed by atoms with Crippen LogP contribution in [0, 0.1) is 0 Å². The van der Waals surface area contributed by atoms with E-state index in [0.29, 0.717) is 13.1 Å². The van der Waals surface area contributed by atoms with Crippen LogP contribution in [0.15, 0.2) is 35.4 Å². The lowest BCUT2D eigenvalue weighted by molar-refractivity contribution is 0.0240. The molecular formula is C21H31N5O3. The number of ether oxygens (including phenoxy) is 1. The molecule has 1 aromatic heterocycles. The maximum atomic E-state index is 12.6. The Morgan fingerprint density at radius 3 is 2.24 bits per heavy atom. The van der Waals surface area contributed by atoms with Crippen LogP contribution in [0.5, 0.6) is 0 Å². The third kappa shape index (κ3) is 4.81. The molecule has 1 atom stereocenters. The third-order valence-corrected chi connectivity index (χ3v) is 5.13. The molecule has 2 aromatic rings. The molecular weight excluding hydrogens is 370 g/mol. The summed E-state index contributed by atoms with van der Waals surface area (Å²) in [5.41, 5.74) is 1.25. The van der Waals surface area contributed by atoms with Crippen molar-refractivity contribution in [1.29, 1.82) is 0 Å². The first kappa shape index (κ1) is 21.0. The summed E-state index contributed by atoms with van der Waals surface area (Å²) in [4.78, 5) is 28.7. The number of piperazine rings is 1. The number of rotatable bonds is 4. The van der Waals surface area contributed by atoms with E-state index in [1.165, 1.54) is 4.68 Å². The average Bonchev–Trinajstić information content (AvgIpc) is 3.07. The number of hydrogen-bond donors (Lipinski definition) is 0. The Morgan fingerprint density at radius 2 is 1.69 bits per heavy atom. The Morgan fingerprint density at radius 1 is 1.10 bits per heavy atom. The number of aromatic nitrogens is 3. The predicted molar refractivity (Wildman–Crippen MR) is 113 cm³/mol. The van der Waals surface area contributed by atoms with E-state index in [2.05, 4.69) is 10.00 Å². The molecule has 3 rings (SSSR count). The van der Waals surface area contributed by atoms with Crippen molar-refractivity contribution in [1.82, 2.24) is 19.2 Å². The second-order valence-electron chi connectivity index (χ2n) is 8.46. The van der Waals surface area contributed by atoms with Gasteiger partial charge in [-0.2, -0.15) is 5.10 Å². The standard InChI is InChI=1S/C21H31N5O3/c1-6-16(2)26-19(27)25(15-22-26)18-9-7-17(8-10-18)23-11-13-24(14-12-23)20(28)29-21(3,4)5/h7-10,15-16H,6,11-14H2,1-5H3. The highest BCUT2D eigenvalue weighted by atomic mass is 16.6. The molecule has 2 heterocycles. The van der Waals surface area contributed by atoms with E-state index in [-0.39, 0.29) is 17.8 Å². The van der Waals surface area contributed by atoms with E-state index in [1.807, 2.05) is 58.9 Å². The van der Waals surface area contributed by atoms with Gasteiger partial charge in [0.25, 0.3) is 0 Å². The van der Waals surface area contributed by atoms with Gasteiger partial charge in [-0.25, -0.2) is 18.8 Å². The Balaban J connectivity index is 1.64. The number of hydrogen-bond acceptors (Lipinski definition) is 5. The van der Waals surface area contributed by atoms with Gasteiger partial charge in [-0.05, 0) is 58.4 Å². The normalized spacial score (nSPS) is 16.0. The summed E-state index contributed by atoms with van der Waals surface area (Å²) < 4.78 is 8.53. The van der Waals surface area contributed by atoms with Gasteiger partial charge in [0.1, 0.15) is 11.9 Å². The van der Waals surface area contributed by atoms with Crippen LogP contribution in [0.1, 0.15) is 47.1 Å². The van der Waals surface area contributed by atoms with Crippen molar-refractivity contribution in [3.63, 3.8) is 0 Å². The molecule has 0 aliphatic carbocycles. The maximum absolute atomic E-state index is 12.6. The summed E-state index contributed by atoms with van der Waals surface area (Å²) >= 11 is 0. The summed E-state index contributed by atoms with van der Waals surface area (Å²) in [5.74, 6) is 0. The zero-order valence-corrected chi connectivity index (χ0v) is 18.0. The molecule has 29 heavy (non-hydrogen) atoms. The SMILES string of the molecule is CCC(C)n1ncn(-c2ccc(N3CCN(C(=O)OC(C)(C)C)CC3)cc2)c1=O. The molecule has 8 nitrogen and oxygen atoms in total. The van der Waals surface area contributed by atoms with Crippen LogP contribution < -0.4 is 10.6 Å². The highest BCUT2D eigenvalue weighted by Gasteiger charge is 2.26. The third-order valence-electron chi connectivity index (χ3n) is 5.13. The van der Waals surface area contributed by atoms with Gasteiger partial charge in [0.15, 0.2) is 0 Å². The molecule has 0 bridgehead atoms. The average molecular weight is 402 g/mol. The number of carbonyl (C=O) groups is 1. The van der Waals surface area contributed by atoms with E-state index in [9.17, 15) is 9.59 Å². The van der Waals surface area contributed by atoms with Gasteiger partial charge in [0.05, 0.1) is 11.7 Å². The molecule has 0 N–H and O–H groups in total. The zero-order valence-electron chi connectivity index (χ0n) is 18.0. The van der Waals surface area contributed by atoms with E-state index < -0.39 is 5.60 Å². The monoisotopic (exact) mass is 401 g/mol. The van der Waals surface area contributed by atoms with Gasteiger partial charge in [-0.15, -0.1) is 0 Å². The number of amides is 1. The molecule has 1 aliphatic rings. The minimum Gasteiger partial charge on any atom is -0.444 e. The van der Waals surface area contributed by atoms with Gasteiger partial charge in [-0.1, -0.05) is 6.92 Å². The lowest BCUT2D eigenvalue weighted by Crippen LogP contribution is -2.50. The molecule has 1 unspecified atom stereocenters. The largest absolute Gasteiger partial charge is 0.444 e. The topological polar surface area (TPSA) is 72.6 Å². The van der Waals surface area contributed by atoms with Crippen LogP contribution in [0.25, 0.3) is 5.69 Å². The van der Waals surface area contributed by atoms with Crippen LogP contribution in [0.2, 0.25) is 0 Å². The number of carbonyl (C=O) groups excluding carboxylic acids is 1. The summed E-state index contributed by atoms with van der Waals surface area (Å²) in [6.07, 6.45) is 2.17. The zero-order chi connectivity index (χ0) is 21.2. The first-order chi connectivity index (χ1) is 13.7. The van der Waals surface area contributed by atoms with Crippen molar-refractivity contribution < 1.29 is 9.53 Å². The summed E-state index contributed by atoms with van der Waals surface area (Å²) in [5, 5.41) is 4.23. The molecule has 0 saturated carbocycles. The van der Waals surface area contributed by atoms with Gasteiger partial charge in [0, 0.05) is 31.9 Å². The van der Waals surface area contributed by atoms with Crippen molar-refractivity contribution in [3.05, 3.63) is 41.1 Å². The lowest BCUT2D eigenvalue weighted by atomic mass is 10.2. The summed E-state index contributed by atoms with van der Waals surface area (Å²) in [6, 6.07) is 7.94. The predicted octanol–water partition coefficient (Wildman–Crippen LogP) is 3.06. The smallest absolute Gasteiger partial charge is 0.410 e. The van der Waals surface area contributed by atoms with Crippen LogP contribution in [-0.2, 0) is 4.74 Å². The van der Waals surface area contributed by atoms with E-state index in [0.717, 1.165) is 30.9 Å². The first-order valence-corrected chi connectivity index (χ1v) is 10.2. The van der Waals surface area contributed by atoms with Crippen molar-refractivity contribution in [2.24, 2.45) is 0 Å². The van der Waals surface area contributed by atoms with Crippen LogP contribution in [0.3, 0.4) is 0 Å². The molecule has 1 aliphatic heterocycles. The van der Waals surface area contributed by atoms with Crippen LogP contribution in [0.4, 0.5) is 10.5 Å². The first-order valence-electron chi connectivity index (χ1n) is 10.2. The van der Waals surface area contributed by atoms with Crippen LogP contribution in [-0.4, -0.2) is 57.1 Å². The molecule has 1 aromatic carbocycles. The minimum atomic E-state index is -0.481. The molecule has 8 heteroatoms. The fourth-order valence-electron chi connectivity index (χ4n) is 3.27. The van der Waals surface area contributed by atoms with E-state index in [1.54, 1.807) is 15.8 Å². The second-order valence-corrected chi connectivity index (χ2v) is 8.46. The minimum absolute atomic E-state index is 0.0734. The Labute approximate surface area is 171 Å². The number of nitrogens with zero attached hydrogens (tertiary/aromatic N) is 5. The molecule has 1 saturated heterocycles. The van der Waals surface area contributed by atoms with Crippen molar-refractivity contribution in [2.75, 3.05) is 31.1 Å². The van der Waals surface area contributed by atoms with Crippen LogP contribution >= 0.6 is 0 Å². The molecule has 0 radical (unpaired) electrons. The maximum Gasteiger partial charge on any atom is 0.410 e. The summed E-state index contributed by atoms with van der Waals surface area (Å²) in [6.45, 7) is 12.4. The van der Waals surface area contributed by atoms with Gasteiger partial charge in [-0.3, -0.25) is 0 Å². The van der Waals surface area contributed by atoms with Crippen molar-refractivity contribution >= 4 is 11.8 Å². The van der Waals surface area contributed by atoms with Gasteiger partial charge < -0.3 is 14.5 Å². The second kappa shape index (κ2) is 8.31. The fourth-order valence-corrected chi connectivity index (χ4v) is 3.27. The Kier molecular flexibility index (Phi) is 6.00. The van der Waals surface area contributed by atoms with Crippen molar-refractivity contribution in [3.8, 4) is 5.69 Å². The highest BCUT2D eigenvalue weighted by molar-refractivity contribution is 5.68. The van der Waals surface area contributed by atoms with E-state index >= 15 is 0 Å². The number of benzene rings is 1. The lowest BCUT2D eigenvalue weighted by Gasteiger charge is -2.36. The van der Waals surface area contributed by atoms with Crippen molar-refractivity contribution in [2.45, 2.75) is 52.7 Å². The molecule has 0 spiro atoms.